The molecule has 0 unspecified atom stereocenters. The third-order valence-electron chi connectivity index (χ3n) is 5.84. The molecule has 2 amide bonds. The maximum atomic E-state index is 13.9. The fourth-order valence-corrected chi connectivity index (χ4v) is 5.95. The van der Waals surface area contributed by atoms with Crippen LogP contribution in [0.15, 0.2) is 77.7 Å². The lowest BCUT2D eigenvalue weighted by Gasteiger charge is -2.32. The number of amides is 2. The number of hydrogen-bond acceptors (Lipinski definition) is 4. The van der Waals surface area contributed by atoms with E-state index in [1.165, 1.54) is 35.2 Å². The highest BCUT2D eigenvalue weighted by Crippen LogP contribution is 2.30. The molecule has 39 heavy (non-hydrogen) atoms. The summed E-state index contributed by atoms with van der Waals surface area (Å²) in [5, 5.41) is 3.72. The Kier molecular flexibility index (Phi) is 10.7. The van der Waals surface area contributed by atoms with Crippen molar-refractivity contribution in [1.82, 2.24) is 10.2 Å². The van der Waals surface area contributed by atoms with Crippen LogP contribution in [0.4, 0.5) is 5.69 Å². The van der Waals surface area contributed by atoms with Gasteiger partial charge >= 0.3 is 0 Å². The van der Waals surface area contributed by atoms with Gasteiger partial charge in [0.25, 0.3) is 10.0 Å². The van der Waals surface area contributed by atoms with Crippen molar-refractivity contribution in [1.29, 1.82) is 0 Å². The Morgan fingerprint density at radius 2 is 1.49 bits per heavy atom. The molecule has 7 nitrogen and oxygen atoms in total. The second kappa shape index (κ2) is 13.5. The van der Waals surface area contributed by atoms with Crippen LogP contribution in [0.5, 0.6) is 0 Å². The van der Waals surface area contributed by atoms with Gasteiger partial charge < -0.3 is 10.2 Å². The maximum absolute atomic E-state index is 13.9. The summed E-state index contributed by atoms with van der Waals surface area (Å²) in [5.74, 6) is -0.752. The topological polar surface area (TPSA) is 86.8 Å². The molecule has 208 valence electrons. The summed E-state index contributed by atoms with van der Waals surface area (Å²) in [6.45, 7) is 5.38. The van der Waals surface area contributed by atoms with E-state index in [2.05, 4.69) is 5.32 Å². The monoisotopic (exact) mass is 609 g/mol. The lowest BCUT2D eigenvalue weighted by atomic mass is 10.1. The predicted molar refractivity (Wildman–Crippen MR) is 157 cm³/mol. The van der Waals surface area contributed by atoms with Crippen LogP contribution in [0.2, 0.25) is 15.1 Å². The minimum absolute atomic E-state index is 0.0157. The van der Waals surface area contributed by atoms with Gasteiger partial charge in [0.2, 0.25) is 11.8 Å². The number of carbonyl (C=O) groups excluding carboxylic acids is 2. The number of nitrogens with one attached hydrogen (secondary N) is 1. The van der Waals surface area contributed by atoms with Crippen LogP contribution in [-0.2, 0) is 26.2 Å². The van der Waals surface area contributed by atoms with Gasteiger partial charge in [0.15, 0.2) is 0 Å². The normalized spacial score (nSPS) is 12.2. The number of hydrogen-bond donors (Lipinski definition) is 1. The molecule has 0 aliphatic heterocycles. The van der Waals surface area contributed by atoms with E-state index in [1.54, 1.807) is 49.4 Å². The van der Waals surface area contributed by atoms with Gasteiger partial charge in [-0.15, -0.1) is 0 Å². The summed E-state index contributed by atoms with van der Waals surface area (Å²) >= 11 is 18.6. The largest absolute Gasteiger partial charge is 0.354 e. The van der Waals surface area contributed by atoms with E-state index in [0.717, 1.165) is 4.31 Å². The van der Waals surface area contributed by atoms with Crippen molar-refractivity contribution in [3.8, 4) is 0 Å². The Morgan fingerprint density at radius 3 is 2.08 bits per heavy atom. The average Bonchev–Trinajstić information content (AvgIpc) is 2.88. The lowest BCUT2D eigenvalue weighted by molar-refractivity contribution is -0.139. The van der Waals surface area contributed by atoms with Gasteiger partial charge in [-0.3, -0.25) is 13.9 Å². The second-order valence-electron chi connectivity index (χ2n) is 9.42. The molecule has 0 aliphatic carbocycles. The molecule has 11 heteroatoms. The zero-order valence-corrected chi connectivity index (χ0v) is 24.9. The molecule has 3 aromatic carbocycles. The number of sulfonamides is 1. The Balaban J connectivity index is 2.03. The zero-order chi connectivity index (χ0) is 28.7. The summed E-state index contributed by atoms with van der Waals surface area (Å²) in [6, 6.07) is 18.0. The molecule has 3 rings (SSSR count). The highest BCUT2D eigenvalue weighted by Gasteiger charge is 2.32. The van der Waals surface area contributed by atoms with E-state index >= 15 is 0 Å². The molecule has 1 N–H and O–H groups in total. The first-order valence-electron chi connectivity index (χ1n) is 12.2. The molecule has 0 radical (unpaired) electrons. The highest BCUT2D eigenvalue weighted by molar-refractivity contribution is 7.92. The van der Waals surface area contributed by atoms with Gasteiger partial charge in [0.05, 0.1) is 10.6 Å². The fraction of sp³-hybridized carbons (Fsp3) is 0.286. The van der Waals surface area contributed by atoms with Crippen LogP contribution in [0.1, 0.15) is 26.3 Å². The molecule has 0 aromatic heterocycles. The van der Waals surface area contributed by atoms with E-state index in [-0.39, 0.29) is 39.0 Å². The first-order valence-corrected chi connectivity index (χ1v) is 14.8. The summed E-state index contributed by atoms with van der Waals surface area (Å²) in [6.07, 6.45) is 0. The molecule has 0 aliphatic rings. The SMILES string of the molecule is CC(C)CNC(=O)[C@@H](C)N(Cc1cccc(Cl)c1)C(=O)CN(c1cc(Cl)cc(Cl)c1)S(=O)(=O)c1ccccc1. The molecule has 0 fully saturated rings. The van der Waals surface area contributed by atoms with Crippen LogP contribution in [0.25, 0.3) is 0 Å². The van der Waals surface area contributed by atoms with Crippen molar-refractivity contribution in [2.24, 2.45) is 5.92 Å². The molecule has 3 aromatic rings. The van der Waals surface area contributed by atoms with E-state index in [4.69, 9.17) is 34.8 Å². The Bertz CT molecular complexity index is 1400. The van der Waals surface area contributed by atoms with Crippen molar-refractivity contribution in [3.63, 3.8) is 0 Å². The van der Waals surface area contributed by atoms with Gasteiger partial charge in [-0.05, 0) is 60.9 Å². The van der Waals surface area contributed by atoms with Crippen molar-refractivity contribution >= 4 is 62.3 Å². The minimum Gasteiger partial charge on any atom is -0.354 e. The predicted octanol–water partition coefficient (Wildman–Crippen LogP) is 6.03. The number of rotatable bonds is 11. The van der Waals surface area contributed by atoms with Crippen LogP contribution in [0, 0.1) is 5.92 Å². The molecule has 1 atom stereocenters. The number of carbonyl (C=O) groups is 2. The number of halogens is 3. The van der Waals surface area contributed by atoms with Crippen LogP contribution < -0.4 is 9.62 Å². The van der Waals surface area contributed by atoms with E-state index in [1.807, 2.05) is 13.8 Å². The number of benzene rings is 3. The van der Waals surface area contributed by atoms with E-state index < -0.39 is 28.5 Å². The average molecular weight is 611 g/mol. The van der Waals surface area contributed by atoms with E-state index in [9.17, 15) is 18.0 Å². The standard InChI is InChI=1S/C28H30Cl3N3O4S/c1-19(2)16-32-28(36)20(3)33(17-21-8-7-9-22(29)12-21)27(35)18-34(25-14-23(30)13-24(31)15-25)39(37,38)26-10-5-4-6-11-26/h4-15,19-20H,16-18H2,1-3H3,(H,32,36)/t20-/m1/s1. The highest BCUT2D eigenvalue weighted by atomic mass is 35.5. The first-order chi connectivity index (χ1) is 18.4. The quantitative estimate of drug-likeness (QED) is 0.287. The third-order valence-corrected chi connectivity index (χ3v) is 8.30. The molecule has 0 heterocycles. The smallest absolute Gasteiger partial charge is 0.264 e. The summed E-state index contributed by atoms with van der Waals surface area (Å²) in [4.78, 5) is 28.2. The van der Waals surface area contributed by atoms with Crippen LogP contribution in [0.3, 0.4) is 0 Å². The second-order valence-corrected chi connectivity index (χ2v) is 12.6. The first kappa shape index (κ1) is 30.8. The molecule has 0 saturated heterocycles. The maximum Gasteiger partial charge on any atom is 0.264 e. The molecule has 0 spiro atoms. The zero-order valence-electron chi connectivity index (χ0n) is 21.8. The van der Waals surface area contributed by atoms with E-state index in [0.29, 0.717) is 17.1 Å². The van der Waals surface area contributed by atoms with Crippen LogP contribution >= 0.6 is 34.8 Å². The molecular weight excluding hydrogens is 581 g/mol. The third kappa shape index (κ3) is 8.35. The van der Waals surface area contributed by atoms with Gasteiger partial charge in [0.1, 0.15) is 12.6 Å². The van der Waals surface area contributed by atoms with Crippen LogP contribution in [-0.4, -0.2) is 44.3 Å². The Labute approximate surface area is 244 Å². The Morgan fingerprint density at radius 1 is 0.846 bits per heavy atom. The number of nitrogens with zero attached hydrogens (tertiary/aromatic N) is 2. The summed E-state index contributed by atoms with van der Waals surface area (Å²) in [7, 11) is -4.22. The van der Waals surface area contributed by atoms with Gasteiger partial charge in [-0.25, -0.2) is 8.42 Å². The molecular formula is C28H30Cl3N3O4S. The molecule has 0 saturated carbocycles. The van der Waals surface area contributed by atoms with Crippen molar-refractivity contribution in [2.75, 3.05) is 17.4 Å². The van der Waals surface area contributed by atoms with Crippen molar-refractivity contribution < 1.29 is 18.0 Å². The van der Waals surface area contributed by atoms with Crippen molar-refractivity contribution in [3.05, 3.63) is 93.4 Å². The van der Waals surface area contributed by atoms with Crippen molar-refractivity contribution in [2.45, 2.75) is 38.3 Å². The summed E-state index contributed by atoms with van der Waals surface area (Å²) in [5.41, 5.74) is 0.798. The minimum atomic E-state index is -4.22. The van der Waals surface area contributed by atoms with Gasteiger partial charge in [0, 0.05) is 28.2 Å². The summed E-state index contributed by atoms with van der Waals surface area (Å²) < 4.78 is 28.5. The number of anilines is 1. The van der Waals surface area contributed by atoms with Gasteiger partial charge in [-0.1, -0.05) is 79.0 Å². The Hall–Kier alpha value is -2.78. The molecule has 0 bridgehead atoms. The van der Waals surface area contributed by atoms with Gasteiger partial charge in [-0.2, -0.15) is 0 Å². The lowest BCUT2D eigenvalue weighted by Crippen LogP contribution is -2.51. The fourth-order valence-electron chi connectivity index (χ4n) is 3.80.